The van der Waals surface area contributed by atoms with Gasteiger partial charge in [-0.2, -0.15) is 0 Å². The van der Waals surface area contributed by atoms with Gasteiger partial charge in [-0.3, -0.25) is 4.79 Å². The Morgan fingerprint density at radius 3 is 2.35 bits per heavy atom. The summed E-state index contributed by atoms with van der Waals surface area (Å²) in [5.41, 5.74) is 0.826. The normalized spacial score (nSPS) is 10.2. The number of hydrogen-bond acceptors (Lipinski definition) is 3. The molecule has 1 amide bonds. The van der Waals surface area contributed by atoms with E-state index in [1.165, 1.54) is 12.1 Å². The molecule has 0 atom stereocenters. The molecular weight excluding hydrogens is 276 g/mol. The van der Waals surface area contributed by atoms with E-state index >= 15 is 0 Å². The van der Waals surface area contributed by atoms with Gasteiger partial charge in [0, 0.05) is 12.1 Å². The zero-order chi connectivity index (χ0) is 15.1. The Labute approximate surface area is 123 Å². The molecule has 0 unspecified atom stereocenters. The molecule has 108 valence electrons. The number of rotatable bonds is 5. The van der Waals surface area contributed by atoms with Gasteiger partial charge in [0.15, 0.2) is 5.11 Å². The highest BCUT2D eigenvalue weighted by atomic mass is 32.1. The number of aromatic carboxylic acids is 1. The van der Waals surface area contributed by atoms with Crippen LogP contribution in [0.1, 0.15) is 37.0 Å². The van der Waals surface area contributed by atoms with Gasteiger partial charge in [0.25, 0.3) is 0 Å². The van der Waals surface area contributed by atoms with Crippen LogP contribution in [0.15, 0.2) is 24.3 Å². The van der Waals surface area contributed by atoms with Crippen molar-refractivity contribution < 1.29 is 14.7 Å². The molecule has 0 saturated carbocycles. The maximum Gasteiger partial charge on any atom is 0.335 e. The van der Waals surface area contributed by atoms with Crippen LogP contribution in [0.5, 0.6) is 0 Å². The van der Waals surface area contributed by atoms with E-state index in [4.69, 9.17) is 17.3 Å². The Hall–Kier alpha value is -1.95. The lowest BCUT2D eigenvalue weighted by atomic mass is 10.1. The van der Waals surface area contributed by atoms with Crippen molar-refractivity contribution in [2.75, 3.05) is 5.32 Å². The average Bonchev–Trinajstić information content (AvgIpc) is 2.36. The lowest BCUT2D eigenvalue weighted by Gasteiger charge is -2.10. The summed E-state index contributed by atoms with van der Waals surface area (Å²) in [5.74, 6) is -0.648. The fourth-order valence-electron chi connectivity index (χ4n) is 1.47. The van der Waals surface area contributed by atoms with E-state index in [1.807, 2.05) is 13.8 Å². The highest BCUT2D eigenvalue weighted by Gasteiger charge is 2.07. The largest absolute Gasteiger partial charge is 0.478 e. The van der Waals surface area contributed by atoms with Gasteiger partial charge in [-0.25, -0.2) is 4.79 Å². The number of carboxylic acid groups (broad SMARTS) is 1. The van der Waals surface area contributed by atoms with Crippen LogP contribution in [0, 0.1) is 5.92 Å². The molecule has 0 spiro atoms. The van der Waals surface area contributed by atoms with E-state index in [9.17, 15) is 9.59 Å². The standard InChI is InChI=1S/C14H18N2O3S/c1-9(2)3-8-12(17)16-14(20)15-11-6-4-10(5-7-11)13(18)19/h4-7,9H,3,8H2,1-2H3,(H,18,19)(H2,15,16,17,20). The van der Waals surface area contributed by atoms with Crippen molar-refractivity contribution in [2.45, 2.75) is 26.7 Å². The number of carbonyl (C=O) groups is 2. The summed E-state index contributed by atoms with van der Waals surface area (Å²) in [4.78, 5) is 22.3. The molecule has 5 nitrogen and oxygen atoms in total. The second-order valence-corrected chi connectivity index (χ2v) is 5.23. The topological polar surface area (TPSA) is 78.4 Å². The van der Waals surface area contributed by atoms with Crippen molar-refractivity contribution >= 4 is 34.9 Å². The molecular formula is C14H18N2O3S. The zero-order valence-electron chi connectivity index (χ0n) is 11.5. The van der Waals surface area contributed by atoms with E-state index in [2.05, 4.69) is 10.6 Å². The first kappa shape index (κ1) is 16.1. The first-order chi connectivity index (χ1) is 9.38. The summed E-state index contributed by atoms with van der Waals surface area (Å²) in [6, 6.07) is 6.12. The van der Waals surface area contributed by atoms with Crippen molar-refractivity contribution in [3.05, 3.63) is 29.8 Å². The summed E-state index contributed by atoms with van der Waals surface area (Å²) in [5, 5.41) is 14.4. The molecule has 1 rings (SSSR count). The van der Waals surface area contributed by atoms with Gasteiger partial charge in [-0.1, -0.05) is 13.8 Å². The molecule has 0 radical (unpaired) electrons. The van der Waals surface area contributed by atoms with Crippen LogP contribution in [0.4, 0.5) is 5.69 Å². The fraction of sp³-hybridized carbons (Fsp3) is 0.357. The van der Waals surface area contributed by atoms with Gasteiger partial charge in [0.05, 0.1) is 5.56 Å². The molecule has 3 N–H and O–H groups in total. The average molecular weight is 294 g/mol. The number of benzene rings is 1. The van der Waals surface area contributed by atoms with Crippen LogP contribution in [0.2, 0.25) is 0 Å². The van der Waals surface area contributed by atoms with Crippen molar-refractivity contribution in [3.63, 3.8) is 0 Å². The molecule has 0 bridgehead atoms. The Morgan fingerprint density at radius 1 is 1.25 bits per heavy atom. The van der Waals surface area contributed by atoms with Gasteiger partial charge >= 0.3 is 5.97 Å². The van der Waals surface area contributed by atoms with Crippen LogP contribution in [-0.2, 0) is 4.79 Å². The molecule has 0 aliphatic heterocycles. The highest BCUT2D eigenvalue weighted by molar-refractivity contribution is 7.80. The molecule has 1 aromatic rings. The smallest absolute Gasteiger partial charge is 0.335 e. The van der Waals surface area contributed by atoms with E-state index in [1.54, 1.807) is 12.1 Å². The van der Waals surface area contributed by atoms with Crippen molar-refractivity contribution in [1.29, 1.82) is 0 Å². The predicted octanol–water partition coefficient (Wildman–Crippen LogP) is 2.63. The lowest BCUT2D eigenvalue weighted by molar-refractivity contribution is -0.119. The molecule has 20 heavy (non-hydrogen) atoms. The van der Waals surface area contributed by atoms with Crippen molar-refractivity contribution in [2.24, 2.45) is 5.92 Å². The van der Waals surface area contributed by atoms with E-state index < -0.39 is 5.97 Å². The number of amides is 1. The number of carbonyl (C=O) groups excluding carboxylic acids is 1. The molecule has 0 saturated heterocycles. The zero-order valence-corrected chi connectivity index (χ0v) is 12.3. The Morgan fingerprint density at radius 2 is 1.85 bits per heavy atom. The minimum absolute atomic E-state index is 0.127. The second-order valence-electron chi connectivity index (χ2n) is 4.82. The van der Waals surface area contributed by atoms with Crippen LogP contribution >= 0.6 is 12.2 Å². The summed E-state index contributed by atoms with van der Waals surface area (Å²) < 4.78 is 0. The molecule has 0 aliphatic carbocycles. The Kier molecular flexibility index (Phi) is 6.11. The third-order valence-corrected chi connectivity index (χ3v) is 2.80. The molecule has 0 aromatic heterocycles. The van der Waals surface area contributed by atoms with Crippen LogP contribution < -0.4 is 10.6 Å². The van der Waals surface area contributed by atoms with Gasteiger partial charge in [0.2, 0.25) is 5.91 Å². The van der Waals surface area contributed by atoms with Crippen LogP contribution in [0.25, 0.3) is 0 Å². The van der Waals surface area contributed by atoms with E-state index in [0.29, 0.717) is 18.0 Å². The predicted molar refractivity (Wildman–Crippen MR) is 81.8 cm³/mol. The third kappa shape index (κ3) is 5.79. The number of thiocarbonyl (C=S) groups is 1. The minimum Gasteiger partial charge on any atom is -0.478 e. The van der Waals surface area contributed by atoms with E-state index in [0.717, 1.165) is 6.42 Å². The quantitative estimate of drug-likeness (QED) is 0.728. The van der Waals surface area contributed by atoms with Crippen molar-refractivity contribution in [3.8, 4) is 0 Å². The second kappa shape index (κ2) is 7.59. The molecule has 1 aromatic carbocycles. The summed E-state index contributed by atoms with van der Waals surface area (Å²) in [6.45, 7) is 4.10. The summed E-state index contributed by atoms with van der Waals surface area (Å²) in [7, 11) is 0. The maximum atomic E-state index is 11.6. The molecule has 0 heterocycles. The fourth-order valence-corrected chi connectivity index (χ4v) is 1.70. The van der Waals surface area contributed by atoms with Crippen molar-refractivity contribution in [1.82, 2.24) is 5.32 Å². The number of hydrogen-bond donors (Lipinski definition) is 3. The maximum absolute atomic E-state index is 11.6. The van der Waals surface area contributed by atoms with Gasteiger partial charge in [-0.15, -0.1) is 0 Å². The molecule has 0 aliphatic rings. The van der Waals surface area contributed by atoms with Gasteiger partial charge < -0.3 is 15.7 Å². The molecule has 0 fully saturated rings. The van der Waals surface area contributed by atoms with Crippen LogP contribution in [0.3, 0.4) is 0 Å². The molecule has 6 heteroatoms. The summed E-state index contributed by atoms with van der Waals surface area (Å²) in [6.07, 6.45) is 1.24. The van der Waals surface area contributed by atoms with Gasteiger partial charge in [-0.05, 0) is 48.8 Å². The third-order valence-electron chi connectivity index (χ3n) is 2.59. The minimum atomic E-state index is -0.985. The Bertz CT molecular complexity index is 498. The number of anilines is 1. The highest BCUT2D eigenvalue weighted by Crippen LogP contribution is 2.09. The number of nitrogens with one attached hydrogen (secondary N) is 2. The lowest BCUT2D eigenvalue weighted by Crippen LogP contribution is -2.34. The summed E-state index contributed by atoms with van der Waals surface area (Å²) >= 11 is 5.02. The SMILES string of the molecule is CC(C)CCC(=O)NC(=S)Nc1ccc(C(=O)O)cc1. The van der Waals surface area contributed by atoms with E-state index in [-0.39, 0.29) is 16.6 Å². The van der Waals surface area contributed by atoms with Crippen LogP contribution in [-0.4, -0.2) is 22.1 Å². The Balaban J connectivity index is 2.46. The first-order valence-corrected chi connectivity index (χ1v) is 6.73. The number of carboxylic acids is 1. The van der Waals surface area contributed by atoms with Gasteiger partial charge in [0.1, 0.15) is 0 Å². The monoisotopic (exact) mass is 294 g/mol. The first-order valence-electron chi connectivity index (χ1n) is 6.32.